The second-order valence-electron chi connectivity index (χ2n) is 7.06. The van der Waals surface area contributed by atoms with Gasteiger partial charge in [-0.05, 0) is 24.5 Å². The van der Waals surface area contributed by atoms with E-state index in [2.05, 4.69) is 22.4 Å². The van der Waals surface area contributed by atoms with Crippen molar-refractivity contribution in [3.63, 3.8) is 0 Å². The van der Waals surface area contributed by atoms with Crippen LogP contribution in [0.1, 0.15) is 33.2 Å². The first kappa shape index (κ1) is 22.0. The molecule has 28 heavy (non-hydrogen) atoms. The van der Waals surface area contributed by atoms with E-state index in [4.69, 9.17) is 5.26 Å². The number of nitrogens with zero attached hydrogens (tertiary/aromatic N) is 2. The highest BCUT2D eigenvalue weighted by Gasteiger charge is 2.47. The average molecular weight is 421 g/mol. The van der Waals surface area contributed by atoms with E-state index in [-0.39, 0.29) is 42.3 Å². The van der Waals surface area contributed by atoms with Crippen LogP contribution >= 0.6 is 24.8 Å². The molecule has 0 spiro atoms. The number of amides is 1. The Morgan fingerprint density at radius 2 is 1.93 bits per heavy atom. The number of aryl methyl sites for hydroxylation is 1. The van der Waals surface area contributed by atoms with E-state index in [0.717, 1.165) is 18.7 Å². The number of hydrogen-bond donors (Lipinski definition) is 2. The van der Waals surface area contributed by atoms with Gasteiger partial charge in [-0.15, -0.1) is 24.8 Å². The lowest BCUT2D eigenvalue weighted by molar-refractivity contribution is 0.0712. The summed E-state index contributed by atoms with van der Waals surface area (Å²) in [5, 5.41) is 12.6. The van der Waals surface area contributed by atoms with Gasteiger partial charge in [-0.25, -0.2) is 0 Å². The summed E-state index contributed by atoms with van der Waals surface area (Å²) >= 11 is 0. The van der Waals surface area contributed by atoms with E-state index in [0.29, 0.717) is 29.6 Å². The number of nitriles is 1. The molecule has 2 N–H and O–H groups in total. The number of fused-ring (bicyclic) bond motifs is 1. The number of aromatic nitrogens is 1. The predicted octanol–water partition coefficient (Wildman–Crippen LogP) is 2.43. The normalized spacial score (nSPS) is 22.6. The van der Waals surface area contributed by atoms with Crippen LogP contribution in [0.15, 0.2) is 41.2 Å². The third kappa shape index (κ3) is 3.66. The summed E-state index contributed by atoms with van der Waals surface area (Å²) in [6.45, 7) is 4.18. The minimum atomic E-state index is -0.455. The van der Waals surface area contributed by atoms with Crippen molar-refractivity contribution in [3.05, 3.63) is 69.1 Å². The van der Waals surface area contributed by atoms with Crippen molar-refractivity contribution in [1.82, 2.24) is 15.2 Å². The van der Waals surface area contributed by atoms with E-state index >= 15 is 0 Å². The highest BCUT2D eigenvalue weighted by molar-refractivity contribution is 5.96. The van der Waals surface area contributed by atoms with Gasteiger partial charge in [-0.2, -0.15) is 5.26 Å². The van der Waals surface area contributed by atoms with Gasteiger partial charge in [-0.1, -0.05) is 30.3 Å². The average Bonchev–Trinajstić information content (AvgIpc) is 3.23. The summed E-state index contributed by atoms with van der Waals surface area (Å²) < 4.78 is 0. The Kier molecular flexibility index (Phi) is 6.89. The topological polar surface area (TPSA) is 89.0 Å². The van der Waals surface area contributed by atoms with Gasteiger partial charge in [0, 0.05) is 31.2 Å². The van der Waals surface area contributed by atoms with Crippen LogP contribution in [-0.2, 0) is 0 Å². The fourth-order valence-corrected chi connectivity index (χ4v) is 4.29. The molecule has 2 saturated heterocycles. The maximum atomic E-state index is 13.3. The number of H-pyrrole nitrogens is 1. The summed E-state index contributed by atoms with van der Waals surface area (Å²) in [5.74, 6) is 0.668. The fraction of sp³-hybridized carbons (Fsp3) is 0.350. The van der Waals surface area contributed by atoms with Gasteiger partial charge in [0.2, 0.25) is 0 Å². The number of carbonyl (C=O) groups is 1. The van der Waals surface area contributed by atoms with Gasteiger partial charge in [-0.3, -0.25) is 9.59 Å². The van der Waals surface area contributed by atoms with E-state index in [1.165, 1.54) is 6.07 Å². The number of pyridine rings is 1. The number of aromatic amines is 1. The van der Waals surface area contributed by atoms with Gasteiger partial charge in [0.05, 0.1) is 11.6 Å². The van der Waals surface area contributed by atoms with Crippen molar-refractivity contribution in [3.8, 4) is 6.07 Å². The van der Waals surface area contributed by atoms with Crippen LogP contribution in [0.3, 0.4) is 0 Å². The molecule has 0 unspecified atom stereocenters. The number of rotatable bonds is 2. The van der Waals surface area contributed by atoms with Crippen LogP contribution in [0.4, 0.5) is 0 Å². The molecule has 0 saturated carbocycles. The zero-order valence-electron chi connectivity index (χ0n) is 15.3. The second kappa shape index (κ2) is 8.78. The van der Waals surface area contributed by atoms with Gasteiger partial charge in [0.25, 0.3) is 11.5 Å². The Hall–Kier alpha value is -2.33. The molecule has 2 aliphatic rings. The highest BCUT2D eigenvalue weighted by atomic mass is 35.5. The van der Waals surface area contributed by atoms with Gasteiger partial charge < -0.3 is 15.2 Å². The highest BCUT2D eigenvalue weighted by Crippen LogP contribution is 2.43. The molecule has 3 heterocycles. The van der Waals surface area contributed by atoms with Crippen molar-refractivity contribution in [1.29, 1.82) is 5.26 Å². The molecule has 1 aromatic heterocycles. The molecule has 0 aliphatic carbocycles. The first-order valence-electron chi connectivity index (χ1n) is 8.81. The smallest absolute Gasteiger partial charge is 0.266 e. The van der Waals surface area contributed by atoms with Crippen molar-refractivity contribution in [2.75, 3.05) is 19.6 Å². The first-order chi connectivity index (χ1) is 12.6. The van der Waals surface area contributed by atoms with Crippen LogP contribution in [0.2, 0.25) is 0 Å². The molecule has 1 aromatic carbocycles. The zero-order chi connectivity index (χ0) is 18.3. The third-order valence-electron chi connectivity index (χ3n) is 5.56. The lowest BCUT2D eigenvalue weighted by Crippen LogP contribution is -2.35. The Morgan fingerprint density at radius 1 is 1.21 bits per heavy atom. The largest absolute Gasteiger partial charge is 0.331 e. The molecule has 1 amide bonds. The Balaban J connectivity index is 0.00000140. The number of likely N-dealkylation sites (tertiary alicyclic amines) is 1. The molecule has 2 aromatic rings. The van der Waals surface area contributed by atoms with Crippen LogP contribution in [0.25, 0.3) is 0 Å². The summed E-state index contributed by atoms with van der Waals surface area (Å²) in [5.41, 5.74) is 1.54. The minimum absolute atomic E-state index is 0. The monoisotopic (exact) mass is 420 g/mol. The Bertz CT molecular complexity index is 955. The number of hydrogen-bond acceptors (Lipinski definition) is 4. The van der Waals surface area contributed by atoms with Crippen LogP contribution in [-0.4, -0.2) is 35.4 Å². The summed E-state index contributed by atoms with van der Waals surface area (Å²) in [6.07, 6.45) is 0. The Morgan fingerprint density at radius 3 is 2.61 bits per heavy atom. The third-order valence-corrected chi connectivity index (χ3v) is 5.56. The number of halogens is 2. The molecular weight excluding hydrogens is 399 g/mol. The van der Waals surface area contributed by atoms with Crippen molar-refractivity contribution >= 4 is 30.7 Å². The first-order valence-corrected chi connectivity index (χ1v) is 8.81. The Labute approximate surface area is 175 Å². The molecule has 8 heteroatoms. The van der Waals surface area contributed by atoms with E-state index in [1.54, 1.807) is 6.92 Å². The molecule has 0 radical (unpaired) electrons. The maximum absolute atomic E-state index is 13.3. The summed E-state index contributed by atoms with van der Waals surface area (Å²) in [4.78, 5) is 29.7. The fourth-order valence-electron chi connectivity index (χ4n) is 4.29. The molecule has 2 fully saturated rings. The van der Waals surface area contributed by atoms with Crippen molar-refractivity contribution in [2.24, 2.45) is 11.8 Å². The van der Waals surface area contributed by atoms with Crippen LogP contribution in [0, 0.1) is 30.1 Å². The minimum Gasteiger partial charge on any atom is -0.331 e. The van der Waals surface area contributed by atoms with E-state index < -0.39 is 5.56 Å². The molecule has 2 aliphatic heterocycles. The molecule has 4 rings (SSSR count). The zero-order valence-corrected chi connectivity index (χ0v) is 17.0. The van der Waals surface area contributed by atoms with Gasteiger partial charge in [0.15, 0.2) is 0 Å². The summed E-state index contributed by atoms with van der Waals surface area (Å²) in [6, 6.07) is 13.4. The van der Waals surface area contributed by atoms with E-state index in [9.17, 15) is 9.59 Å². The second-order valence-corrected chi connectivity index (χ2v) is 7.06. The quantitative estimate of drug-likeness (QED) is 0.780. The molecule has 148 valence electrons. The summed E-state index contributed by atoms with van der Waals surface area (Å²) in [7, 11) is 0. The SMILES string of the molecule is Cc1[nH]c(=O)c(C#N)cc1C(=O)N1C[C@@H]2CNC[C@@H]2[C@H]1c1ccccc1.Cl.Cl. The van der Waals surface area contributed by atoms with Crippen LogP contribution in [0.5, 0.6) is 0 Å². The van der Waals surface area contributed by atoms with E-state index in [1.807, 2.05) is 29.2 Å². The number of carbonyl (C=O) groups excluding carboxylic acids is 1. The standard InChI is InChI=1S/C20H20N4O2.2ClH/c1-12-16(7-14(8-21)19(25)23-12)20(26)24-11-15-9-22-10-17(15)18(24)13-5-3-2-4-6-13;;/h2-7,15,17-18,22H,9-11H2,1H3,(H,23,25);2*1H/t15-,17-,18+;;/m0../s1. The maximum Gasteiger partial charge on any atom is 0.266 e. The predicted molar refractivity (Wildman–Crippen MR) is 111 cm³/mol. The number of nitrogens with one attached hydrogen (secondary N) is 2. The molecule has 0 bridgehead atoms. The van der Waals surface area contributed by atoms with Crippen molar-refractivity contribution < 1.29 is 4.79 Å². The lowest BCUT2D eigenvalue weighted by atomic mass is 9.89. The molecule has 3 atom stereocenters. The number of benzene rings is 1. The van der Waals surface area contributed by atoms with Gasteiger partial charge in [0.1, 0.15) is 11.6 Å². The molecular formula is C20H22Cl2N4O2. The lowest BCUT2D eigenvalue weighted by Gasteiger charge is -2.29. The van der Waals surface area contributed by atoms with Crippen molar-refractivity contribution in [2.45, 2.75) is 13.0 Å². The van der Waals surface area contributed by atoms with Gasteiger partial charge >= 0.3 is 0 Å². The van der Waals surface area contributed by atoms with Crippen LogP contribution < -0.4 is 10.9 Å². The molecule has 6 nitrogen and oxygen atoms in total.